The smallest absolute Gasteiger partial charge is 0.331 e. The van der Waals surface area contributed by atoms with Crippen molar-refractivity contribution in [1.82, 2.24) is 13.7 Å². The first-order valence-electron chi connectivity index (χ1n) is 10.3. The largest absolute Gasteiger partial charge is 0.508 e. The van der Waals surface area contributed by atoms with Gasteiger partial charge >= 0.3 is 5.69 Å². The van der Waals surface area contributed by atoms with E-state index in [4.69, 9.17) is 4.74 Å². The highest BCUT2D eigenvalue weighted by atomic mass is 16.5. The van der Waals surface area contributed by atoms with Gasteiger partial charge in [-0.05, 0) is 30.7 Å². The minimum absolute atomic E-state index is 0.0657. The zero-order valence-corrected chi connectivity index (χ0v) is 18.0. The van der Waals surface area contributed by atoms with E-state index in [1.165, 1.54) is 23.7 Å². The first kappa shape index (κ1) is 20.1. The molecule has 1 aliphatic heterocycles. The second kappa shape index (κ2) is 7.13. The average molecular weight is 433 g/mol. The van der Waals surface area contributed by atoms with Crippen molar-refractivity contribution < 1.29 is 14.9 Å². The highest BCUT2D eigenvalue weighted by Gasteiger charge is 2.34. The van der Waals surface area contributed by atoms with Crippen LogP contribution in [0.4, 0.5) is 0 Å². The lowest BCUT2D eigenvalue weighted by Crippen LogP contribution is -2.37. The van der Waals surface area contributed by atoms with Crippen LogP contribution >= 0.6 is 0 Å². The van der Waals surface area contributed by atoms with Gasteiger partial charge in [-0.3, -0.25) is 13.9 Å². The molecular weight excluding hydrogens is 410 g/mol. The number of aromatic hydroxyl groups is 2. The summed E-state index contributed by atoms with van der Waals surface area (Å²) in [6, 6.07) is 12.2. The van der Waals surface area contributed by atoms with Crippen molar-refractivity contribution in [2.75, 3.05) is 6.61 Å². The van der Waals surface area contributed by atoms with Crippen LogP contribution in [0.25, 0.3) is 22.2 Å². The van der Waals surface area contributed by atoms with Crippen molar-refractivity contribution in [3.8, 4) is 22.8 Å². The zero-order chi connectivity index (χ0) is 22.7. The van der Waals surface area contributed by atoms with Gasteiger partial charge in [0.15, 0.2) is 0 Å². The average Bonchev–Trinajstić information content (AvgIpc) is 3.12. The minimum Gasteiger partial charge on any atom is -0.508 e. The number of rotatable bonds is 2. The lowest BCUT2D eigenvalue weighted by molar-refractivity contribution is 0.0464. The predicted molar refractivity (Wildman–Crippen MR) is 120 cm³/mol. The molecule has 1 atom stereocenters. The summed E-state index contributed by atoms with van der Waals surface area (Å²) in [5.74, 6) is -0.187. The van der Waals surface area contributed by atoms with Crippen LogP contribution in [0.2, 0.25) is 0 Å². The molecule has 2 N–H and O–H groups in total. The zero-order valence-electron chi connectivity index (χ0n) is 18.0. The Bertz CT molecular complexity index is 1510. The Kier molecular flexibility index (Phi) is 4.49. The molecule has 0 bridgehead atoms. The Labute approximate surface area is 183 Å². The van der Waals surface area contributed by atoms with Gasteiger partial charge in [0.1, 0.15) is 17.6 Å². The number of aromatic nitrogens is 3. The van der Waals surface area contributed by atoms with E-state index < -0.39 is 11.8 Å². The molecule has 8 heteroatoms. The highest BCUT2D eigenvalue weighted by molar-refractivity contribution is 5.96. The van der Waals surface area contributed by atoms with E-state index in [-0.39, 0.29) is 17.1 Å². The van der Waals surface area contributed by atoms with Gasteiger partial charge in [-0.2, -0.15) is 0 Å². The van der Waals surface area contributed by atoms with E-state index in [0.717, 1.165) is 21.4 Å². The van der Waals surface area contributed by atoms with E-state index in [2.05, 4.69) is 0 Å². The quantitative estimate of drug-likeness (QED) is 0.506. The molecule has 1 aliphatic rings. The highest BCUT2D eigenvalue weighted by Crippen LogP contribution is 2.43. The van der Waals surface area contributed by atoms with Crippen LogP contribution in [0.15, 0.2) is 52.1 Å². The van der Waals surface area contributed by atoms with E-state index in [1.54, 1.807) is 13.1 Å². The van der Waals surface area contributed by atoms with Crippen LogP contribution in [0.5, 0.6) is 11.5 Å². The number of hydrogen-bond acceptors (Lipinski definition) is 5. The van der Waals surface area contributed by atoms with Gasteiger partial charge in [0.25, 0.3) is 5.56 Å². The molecule has 0 fully saturated rings. The Morgan fingerprint density at radius 1 is 1.03 bits per heavy atom. The van der Waals surface area contributed by atoms with E-state index >= 15 is 0 Å². The first-order valence-corrected chi connectivity index (χ1v) is 10.3. The second-order valence-corrected chi connectivity index (χ2v) is 8.18. The van der Waals surface area contributed by atoms with Gasteiger partial charge in [0, 0.05) is 32.3 Å². The van der Waals surface area contributed by atoms with Crippen LogP contribution in [-0.2, 0) is 25.4 Å². The molecule has 0 aliphatic carbocycles. The Morgan fingerprint density at radius 2 is 1.81 bits per heavy atom. The third-order valence-electron chi connectivity index (χ3n) is 6.14. The van der Waals surface area contributed by atoms with Gasteiger partial charge in [0.05, 0.1) is 28.9 Å². The number of fused-ring (bicyclic) bond motifs is 3. The molecule has 0 saturated heterocycles. The first-order chi connectivity index (χ1) is 15.3. The van der Waals surface area contributed by atoms with Crippen molar-refractivity contribution in [2.24, 2.45) is 14.1 Å². The second-order valence-electron chi connectivity index (χ2n) is 8.18. The summed E-state index contributed by atoms with van der Waals surface area (Å²) < 4.78 is 10.7. The summed E-state index contributed by atoms with van der Waals surface area (Å²) >= 11 is 0. The molecule has 0 spiro atoms. The number of phenolic OH excluding ortho intramolecular Hbond substituents is 2. The van der Waals surface area contributed by atoms with E-state index in [0.29, 0.717) is 35.3 Å². The van der Waals surface area contributed by atoms with Crippen LogP contribution < -0.4 is 11.2 Å². The van der Waals surface area contributed by atoms with Crippen molar-refractivity contribution >= 4 is 10.9 Å². The number of hydrogen-bond donors (Lipinski definition) is 2. The Hall–Kier alpha value is -3.78. The fourth-order valence-corrected chi connectivity index (χ4v) is 4.66. The standard InChI is InChI=1S/C24H23N3O5/c1-13-5-4-6-14(11-13)19-18-20(25(2)24(31)26(3)23(18)30)21-22(32-10-9-27(19)21)16-8-7-15(28)12-17(16)29/h4-8,11-12,22,28-29H,9-10H2,1-3H3/t22-/m1/s1. The topological polar surface area (TPSA) is 98.6 Å². The van der Waals surface area contributed by atoms with Gasteiger partial charge in [-0.25, -0.2) is 4.79 Å². The minimum atomic E-state index is -0.719. The maximum Gasteiger partial charge on any atom is 0.331 e. The lowest BCUT2D eigenvalue weighted by atomic mass is 10.0. The van der Waals surface area contributed by atoms with E-state index in [1.807, 2.05) is 35.8 Å². The molecule has 5 rings (SSSR count). The Morgan fingerprint density at radius 3 is 2.53 bits per heavy atom. The molecule has 0 saturated carbocycles. The molecule has 164 valence electrons. The van der Waals surface area contributed by atoms with Crippen molar-refractivity contribution in [3.63, 3.8) is 0 Å². The van der Waals surface area contributed by atoms with Crippen molar-refractivity contribution in [2.45, 2.75) is 19.6 Å². The molecule has 3 heterocycles. The van der Waals surface area contributed by atoms with E-state index in [9.17, 15) is 19.8 Å². The van der Waals surface area contributed by atoms with Crippen LogP contribution in [0.3, 0.4) is 0 Å². The summed E-state index contributed by atoms with van der Waals surface area (Å²) in [5.41, 5.74) is 3.38. The predicted octanol–water partition coefficient (Wildman–Crippen LogP) is 2.54. The summed E-state index contributed by atoms with van der Waals surface area (Å²) in [5, 5.41) is 20.7. The normalized spacial score (nSPS) is 15.8. The number of aryl methyl sites for hydroxylation is 2. The number of ether oxygens (including phenoxy) is 1. The van der Waals surface area contributed by atoms with Crippen LogP contribution in [0.1, 0.15) is 22.9 Å². The Balaban J connectivity index is 1.95. The summed E-state index contributed by atoms with van der Waals surface area (Å²) in [6.45, 7) is 2.83. The van der Waals surface area contributed by atoms with Gasteiger partial charge < -0.3 is 19.5 Å². The lowest BCUT2D eigenvalue weighted by Gasteiger charge is -2.28. The van der Waals surface area contributed by atoms with Crippen molar-refractivity contribution in [3.05, 3.63) is 80.1 Å². The molecule has 2 aromatic carbocycles. The molecule has 2 aromatic heterocycles. The summed E-state index contributed by atoms with van der Waals surface area (Å²) in [4.78, 5) is 26.2. The molecular formula is C24H23N3O5. The third kappa shape index (κ3) is 2.80. The molecule has 0 radical (unpaired) electrons. The molecule has 0 unspecified atom stereocenters. The number of phenols is 2. The van der Waals surface area contributed by atoms with Crippen LogP contribution in [-0.4, -0.2) is 30.5 Å². The summed E-state index contributed by atoms with van der Waals surface area (Å²) in [6.07, 6.45) is -0.719. The molecule has 0 amide bonds. The molecule has 4 aromatic rings. The molecule has 32 heavy (non-hydrogen) atoms. The number of benzene rings is 2. The molecule has 8 nitrogen and oxygen atoms in total. The monoisotopic (exact) mass is 433 g/mol. The fourth-order valence-electron chi connectivity index (χ4n) is 4.66. The SMILES string of the molecule is Cc1cccc(-c2c3c(=O)n(C)c(=O)n(C)c3c3n2CCO[C@@H]3c2ccc(O)cc2O)c1. The third-order valence-corrected chi connectivity index (χ3v) is 6.14. The van der Waals surface area contributed by atoms with Crippen molar-refractivity contribution in [1.29, 1.82) is 0 Å². The van der Waals surface area contributed by atoms with Gasteiger partial charge in [-0.15, -0.1) is 0 Å². The van der Waals surface area contributed by atoms with Crippen LogP contribution in [0, 0.1) is 6.92 Å². The van der Waals surface area contributed by atoms with Gasteiger partial charge in [-0.1, -0.05) is 23.8 Å². The maximum absolute atomic E-state index is 13.4. The summed E-state index contributed by atoms with van der Waals surface area (Å²) in [7, 11) is 3.11. The van der Waals surface area contributed by atoms with Gasteiger partial charge in [0.2, 0.25) is 0 Å². The fraction of sp³-hybridized carbons (Fsp3) is 0.250. The maximum atomic E-state index is 13.4. The number of nitrogens with zero attached hydrogens (tertiary/aromatic N) is 3.